The number of benzene rings is 4. The lowest BCUT2D eigenvalue weighted by molar-refractivity contribution is -0.387. The molecule has 0 spiro atoms. The van der Waals surface area contributed by atoms with Crippen LogP contribution in [0.15, 0.2) is 99.7 Å². The van der Waals surface area contributed by atoms with Gasteiger partial charge in [0.15, 0.2) is 4.34 Å². The molecule has 0 unspecified atom stereocenters. The molecule has 0 aliphatic carbocycles. The summed E-state index contributed by atoms with van der Waals surface area (Å²) < 4.78 is 1.39. The van der Waals surface area contributed by atoms with E-state index in [-0.39, 0.29) is 17.2 Å². The second-order valence-electron chi connectivity index (χ2n) is 9.51. The van der Waals surface area contributed by atoms with Crippen LogP contribution in [-0.2, 0) is 4.79 Å². The zero-order chi connectivity index (χ0) is 30.5. The number of carbonyl (C=O) groups excluding carboxylic acids is 2. The number of nitrogens with zero attached hydrogens (tertiary/aromatic N) is 3. The molecule has 212 valence electrons. The Hall–Kier alpha value is -5.31. The number of amides is 2. The molecule has 1 aromatic heterocycles. The van der Waals surface area contributed by atoms with Crippen molar-refractivity contribution in [2.24, 2.45) is 0 Å². The van der Waals surface area contributed by atoms with Crippen molar-refractivity contribution in [2.75, 3.05) is 10.6 Å². The lowest BCUT2D eigenvalue weighted by atomic mass is 10.1. The zero-order valence-corrected chi connectivity index (χ0v) is 24.6. The number of rotatable bonds is 8. The zero-order valence-electron chi connectivity index (χ0n) is 23.0. The molecule has 0 bridgehead atoms. The van der Waals surface area contributed by atoms with Gasteiger partial charge in [-0.1, -0.05) is 53.7 Å². The van der Waals surface area contributed by atoms with Crippen molar-refractivity contribution in [1.29, 1.82) is 5.26 Å². The number of nitriles is 1. The summed E-state index contributed by atoms with van der Waals surface area (Å²) in [5, 5.41) is 27.1. The van der Waals surface area contributed by atoms with E-state index in [0.717, 1.165) is 27.6 Å². The fraction of sp³-hybridized carbons (Fsp3) is 0.0625. The third kappa shape index (κ3) is 6.95. The first-order valence-corrected chi connectivity index (χ1v) is 14.6. The number of anilines is 2. The van der Waals surface area contributed by atoms with Crippen LogP contribution in [0, 0.1) is 35.3 Å². The number of nitro groups is 1. The van der Waals surface area contributed by atoms with Crippen molar-refractivity contribution in [3.05, 3.63) is 123 Å². The minimum atomic E-state index is -0.614. The maximum Gasteiger partial charge on any atom is 0.283 e. The maximum atomic E-state index is 12.7. The van der Waals surface area contributed by atoms with Gasteiger partial charge in [0.1, 0.15) is 11.6 Å². The quantitative estimate of drug-likeness (QED) is 0.0797. The van der Waals surface area contributed by atoms with Crippen molar-refractivity contribution in [3.63, 3.8) is 0 Å². The lowest BCUT2D eigenvalue weighted by Gasteiger charge is -2.07. The number of hydrogen-bond acceptors (Lipinski definition) is 8. The molecule has 0 saturated carbocycles. The van der Waals surface area contributed by atoms with Gasteiger partial charge in [0, 0.05) is 23.0 Å². The summed E-state index contributed by atoms with van der Waals surface area (Å²) in [6.45, 7) is 3.79. The summed E-state index contributed by atoms with van der Waals surface area (Å²) in [5.74, 6) is -0.829. The molecule has 2 amide bonds. The van der Waals surface area contributed by atoms with E-state index < -0.39 is 10.8 Å². The largest absolute Gasteiger partial charge is 0.322 e. The highest BCUT2D eigenvalue weighted by atomic mass is 32.2. The van der Waals surface area contributed by atoms with Crippen LogP contribution in [-0.4, -0.2) is 21.7 Å². The molecule has 5 aromatic rings. The van der Waals surface area contributed by atoms with E-state index in [4.69, 9.17) is 0 Å². The fourth-order valence-corrected chi connectivity index (χ4v) is 6.30. The smallest absolute Gasteiger partial charge is 0.283 e. The average molecular weight is 606 g/mol. The Morgan fingerprint density at radius 3 is 2.44 bits per heavy atom. The molecule has 1 heterocycles. The molecular formula is C32H23N5O4S2. The Bertz CT molecular complexity index is 1960. The monoisotopic (exact) mass is 605 g/mol. The number of aryl methyl sites for hydroxylation is 2. The molecule has 11 heteroatoms. The van der Waals surface area contributed by atoms with E-state index >= 15 is 0 Å². The molecule has 2 N–H and O–H groups in total. The first kappa shape index (κ1) is 29.2. The predicted molar refractivity (Wildman–Crippen MR) is 169 cm³/mol. The third-order valence-electron chi connectivity index (χ3n) is 6.38. The normalized spacial score (nSPS) is 11.1. The molecule has 0 saturated heterocycles. The summed E-state index contributed by atoms with van der Waals surface area (Å²) in [5.41, 5.74) is 4.29. The Morgan fingerprint density at radius 1 is 0.977 bits per heavy atom. The van der Waals surface area contributed by atoms with E-state index in [1.807, 2.05) is 56.3 Å². The summed E-state index contributed by atoms with van der Waals surface area (Å²) >= 11 is 2.49. The summed E-state index contributed by atoms with van der Waals surface area (Å²) in [6.07, 6.45) is 1.31. The SMILES string of the molecule is Cc1ccc(NC(=O)/C(C#N)=C/c2ccc(Sc3nc4ccc(NC(=O)c5ccccc5C)cc4s3)c([N+](=O)[O-])c2)cc1. The van der Waals surface area contributed by atoms with Crippen LogP contribution in [0.2, 0.25) is 0 Å². The van der Waals surface area contributed by atoms with Crippen LogP contribution < -0.4 is 10.6 Å². The van der Waals surface area contributed by atoms with Crippen molar-refractivity contribution in [3.8, 4) is 6.07 Å². The second-order valence-corrected chi connectivity index (χ2v) is 11.8. The Balaban J connectivity index is 1.34. The number of aromatic nitrogens is 1. The summed E-state index contributed by atoms with van der Waals surface area (Å²) in [6, 6.07) is 26.2. The lowest BCUT2D eigenvalue weighted by Crippen LogP contribution is -2.13. The van der Waals surface area contributed by atoms with Gasteiger partial charge >= 0.3 is 0 Å². The average Bonchev–Trinajstić information content (AvgIpc) is 3.39. The molecule has 0 atom stereocenters. The molecular weight excluding hydrogens is 583 g/mol. The van der Waals surface area contributed by atoms with Crippen molar-refractivity contribution in [1.82, 2.24) is 4.98 Å². The molecule has 9 nitrogen and oxygen atoms in total. The van der Waals surface area contributed by atoms with Gasteiger partial charge in [-0.3, -0.25) is 19.7 Å². The van der Waals surface area contributed by atoms with Crippen molar-refractivity contribution in [2.45, 2.75) is 23.1 Å². The fourth-order valence-electron chi connectivity index (χ4n) is 4.15. The van der Waals surface area contributed by atoms with Gasteiger partial charge < -0.3 is 10.6 Å². The van der Waals surface area contributed by atoms with Crippen LogP contribution in [0.25, 0.3) is 16.3 Å². The van der Waals surface area contributed by atoms with Crippen LogP contribution in [0.3, 0.4) is 0 Å². The third-order valence-corrected chi connectivity index (χ3v) is 8.52. The molecule has 0 aliphatic rings. The van der Waals surface area contributed by atoms with E-state index in [1.165, 1.54) is 23.5 Å². The molecule has 0 radical (unpaired) electrons. The van der Waals surface area contributed by atoms with E-state index in [9.17, 15) is 25.0 Å². The molecule has 0 fully saturated rings. The standard InChI is InChI=1S/C32H23N5O4S2/c1-19-7-10-23(11-8-19)34-30(38)22(18-33)15-21-9-14-28(27(16-21)37(40)41)42-32-36-26-13-12-24(17-29(26)43-32)35-31(39)25-6-4-3-5-20(25)2/h3-17H,1-2H3,(H,34,38)(H,35,39)/b22-15+. The first-order valence-electron chi connectivity index (χ1n) is 12.9. The van der Waals surface area contributed by atoms with Crippen molar-refractivity contribution < 1.29 is 14.5 Å². The molecule has 0 aliphatic heterocycles. The number of fused-ring (bicyclic) bond motifs is 1. The van der Waals surface area contributed by atoms with E-state index in [1.54, 1.807) is 42.5 Å². The highest BCUT2D eigenvalue weighted by Crippen LogP contribution is 2.40. The van der Waals surface area contributed by atoms with Crippen molar-refractivity contribution >= 4 is 68.3 Å². The molecule has 43 heavy (non-hydrogen) atoms. The van der Waals surface area contributed by atoms with Gasteiger partial charge in [0.2, 0.25) is 0 Å². The van der Waals surface area contributed by atoms with Gasteiger partial charge in [-0.05, 0) is 73.5 Å². The predicted octanol–water partition coefficient (Wildman–Crippen LogP) is 7.77. The van der Waals surface area contributed by atoms with Gasteiger partial charge in [-0.15, -0.1) is 11.3 Å². The molecule has 5 rings (SSSR count). The Labute approximate surface area is 255 Å². The van der Waals surface area contributed by atoms with E-state index in [0.29, 0.717) is 37.3 Å². The Kier molecular flexibility index (Phi) is 8.61. The van der Waals surface area contributed by atoms with Gasteiger partial charge in [-0.2, -0.15) is 5.26 Å². The number of nitro benzene ring substituents is 1. The topological polar surface area (TPSA) is 138 Å². The number of nitrogens with one attached hydrogen (secondary N) is 2. The highest BCUT2D eigenvalue weighted by Gasteiger charge is 2.19. The summed E-state index contributed by atoms with van der Waals surface area (Å²) in [4.78, 5) is 41.8. The van der Waals surface area contributed by atoms with Gasteiger partial charge in [0.05, 0.1) is 20.0 Å². The molecule has 4 aromatic carbocycles. The summed E-state index contributed by atoms with van der Waals surface area (Å²) in [7, 11) is 0. The highest BCUT2D eigenvalue weighted by molar-refractivity contribution is 8.01. The minimum absolute atomic E-state index is 0.180. The first-order chi connectivity index (χ1) is 20.7. The number of thiazole rings is 1. The van der Waals surface area contributed by atoms with Gasteiger partial charge in [-0.25, -0.2) is 4.98 Å². The minimum Gasteiger partial charge on any atom is -0.322 e. The number of carbonyl (C=O) groups is 2. The van der Waals surface area contributed by atoms with Crippen LogP contribution in [0.4, 0.5) is 17.1 Å². The van der Waals surface area contributed by atoms with Gasteiger partial charge in [0.25, 0.3) is 17.5 Å². The van der Waals surface area contributed by atoms with Crippen LogP contribution in [0.5, 0.6) is 0 Å². The van der Waals surface area contributed by atoms with E-state index in [2.05, 4.69) is 15.6 Å². The second kappa shape index (κ2) is 12.7. The number of hydrogen-bond donors (Lipinski definition) is 2. The maximum absolute atomic E-state index is 12.7. The van der Waals surface area contributed by atoms with Crippen LogP contribution in [0.1, 0.15) is 27.0 Å². The Morgan fingerprint density at radius 2 is 1.72 bits per heavy atom. The van der Waals surface area contributed by atoms with Crippen LogP contribution >= 0.6 is 23.1 Å².